The molecule has 1 saturated carbocycles. The summed E-state index contributed by atoms with van der Waals surface area (Å²) < 4.78 is 2.15. The van der Waals surface area contributed by atoms with Crippen molar-refractivity contribution in [3.8, 4) is 0 Å². The summed E-state index contributed by atoms with van der Waals surface area (Å²) in [5, 5.41) is 7.02. The molecule has 1 spiro atoms. The molecule has 5 nitrogen and oxygen atoms in total. The Morgan fingerprint density at radius 1 is 1.35 bits per heavy atom. The van der Waals surface area contributed by atoms with E-state index in [-0.39, 0.29) is 12.4 Å². The molecule has 0 radical (unpaired) electrons. The fourth-order valence-electron chi connectivity index (χ4n) is 4.28. The van der Waals surface area contributed by atoms with Gasteiger partial charge >= 0.3 is 0 Å². The molecule has 26 heavy (non-hydrogen) atoms. The number of nitrogens with one attached hydrogen (secondary N) is 1. The Hall–Kier alpha value is -0.950. The smallest absolute Gasteiger partial charge is 0.122 e. The Bertz CT molecular complexity index is 706. The van der Waals surface area contributed by atoms with Gasteiger partial charge in [-0.2, -0.15) is 0 Å². The Labute approximate surface area is 166 Å². The average Bonchev–Trinajstić information content (AvgIpc) is 2.93. The van der Waals surface area contributed by atoms with Crippen molar-refractivity contribution in [1.29, 1.82) is 0 Å². The van der Waals surface area contributed by atoms with E-state index >= 15 is 0 Å². The molecule has 3 heterocycles. The van der Waals surface area contributed by atoms with Crippen LogP contribution < -0.4 is 5.32 Å². The van der Waals surface area contributed by atoms with Gasteiger partial charge in [0.15, 0.2) is 0 Å². The molecule has 1 unspecified atom stereocenters. The second kappa shape index (κ2) is 8.38. The zero-order valence-electron chi connectivity index (χ0n) is 15.8. The molecule has 2 aliphatic rings. The van der Waals surface area contributed by atoms with Crippen molar-refractivity contribution in [3.63, 3.8) is 0 Å². The first-order chi connectivity index (χ1) is 12.2. The van der Waals surface area contributed by atoms with Gasteiger partial charge in [-0.1, -0.05) is 13.3 Å². The fourth-order valence-corrected chi connectivity index (χ4v) is 5.13. The summed E-state index contributed by atoms with van der Waals surface area (Å²) in [6.45, 7) is 6.44. The third kappa shape index (κ3) is 4.14. The van der Waals surface area contributed by atoms with Gasteiger partial charge in [-0.05, 0) is 44.2 Å². The lowest BCUT2D eigenvalue weighted by Crippen LogP contribution is -2.36. The molecule has 1 aliphatic heterocycles. The number of hydrogen-bond donors (Lipinski definition) is 1. The Kier molecular flexibility index (Phi) is 6.38. The van der Waals surface area contributed by atoms with Gasteiger partial charge in [0.25, 0.3) is 0 Å². The van der Waals surface area contributed by atoms with Crippen molar-refractivity contribution in [2.45, 2.75) is 58.2 Å². The molecular weight excluding hydrogens is 366 g/mol. The van der Waals surface area contributed by atoms with Gasteiger partial charge in [-0.3, -0.25) is 4.90 Å². The largest absolute Gasteiger partial charge is 0.337 e. The van der Waals surface area contributed by atoms with Crippen LogP contribution in [0, 0.1) is 5.41 Å². The number of imidazole rings is 1. The minimum Gasteiger partial charge on any atom is -0.337 e. The molecule has 0 bridgehead atoms. The number of thiazole rings is 1. The lowest BCUT2D eigenvalue weighted by atomic mass is 9.93. The van der Waals surface area contributed by atoms with Crippen LogP contribution in [0.1, 0.15) is 49.1 Å². The average molecular weight is 396 g/mol. The van der Waals surface area contributed by atoms with Crippen molar-refractivity contribution in [2.75, 3.05) is 13.1 Å². The number of rotatable bonds is 7. The molecular formula is C19H30ClN5S. The maximum Gasteiger partial charge on any atom is 0.122 e. The number of aryl methyl sites for hydroxylation is 2. The first kappa shape index (κ1) is 19.8. The lowest BCUT2D eigenvalue weighted by Gasteiger charge is -2.29. The zero-order chi connectivity index (χ0) is 17.3. The van der Waals surface area contributed by atoms with E-state index in [4.69, 9.17) is 4.98 Å². The normalized spacial score (nSPS) is 21.1. The zero-order valence-corrected chi connectivity index (χ0v) is 17.4. The van der Waals surface area contributed by atoms with Crippen molar-refractivity contribution < 1.29 is 0 Å². The summed E-state index contributed by atoms with van der Waals surface area (Å²) in [6, 6.07) is 0.685. The summed E-state index contributed by atoms with van der Waals surface area (Å²) in [6.07, 6.45) is 10.2. The van der Waals surface area contributed by atoms with Crippen LogP contribution in [0.5, 0.6) is 0 Å². The quantitative estimate of drug-likeness (QED) is 0.780. The number of nitrogens with zero attached hydrogens (tertiary/aromatic N) is 4. The van der Waals surface area contributed by atoms with E-state index in [2.05, 4.69) is 39.1 Å². The van der Waals surface area contributed by atoms with Gasteiger partial charge < -0.3 is 9.88 Å². The van der Waals surface area contributed by atoms with Gasteiger partial charge in [0, 0.05) is 30.9 Å². The molecule has 1 saturated heterocycles. The fraction of sp³-hybridized carbons (Fsp3) is 0.684. The number of hydrogen-bond acceptors (Lipinski definition) is 5. The van der Waals surface area contributed by atoms with Gasteiger partial charge in [0.2, 0.25) is 0 Å². The first-order valence-electron chi connectivity index (χ1n) is 9.54. The van der Waals surface area contributed by atoms with Crippen LogP contribution in [0.15, 0.2) is 17.8 Å². The molecule has 0 amide bonds. The van der Waals surface area contributed by atoms with Crippen LogP contribution in [0.3, 0.4) is 0 Å². The Morgan fingerprint density at radius 3 is 2.85 bits per heavy atom. The highest BCUT2D eigenvalue weighted by Gasteiger charge is 2.56. The van der Waals surface area contributed by atoms with Gasteiger partial charge in [-0.25, -0.2) is 9.97 Å². The summed E-state index contributed by atoms with van der Waals surface area (Å²) in [5.74, 6) is 1.15. The summed E-state index contributed by atoms with van der Waals surface area (Å²) in [5.41, 5.74) is 1.80. The SMILES string of the molecule is CCCc1csc(CN(Cc2nccn2C)C2CC23CCNCC3)n1.Cl. The molecule has 1 N–H and O–H groups in total. The summed E-state index contributed by atoms with van der Waals surface area (Å²) in [7, 11) is 2.09. The maximum atomic E-state index is 4.87. The topological polar surface area (TPSA) is 46.0 Å². The summed E-state index contributed by atoms with van der Waals surface area (Å²) >= 11 is 1.82. The number of aromatic nitrogens is 3. The molecule has 4 rings (SSSR count). The highest BCUT2D eigenvalue weighted by Crippen LogP contribution is 2.56. The standard InChI is InChI=1S/C19H29N5S.ClH/c1-3-4-15-14-25-18(22-15)13-24(12-17-21-9-10-23(17)2)16-11-19(16)5-7-20-8-6-19;/h9-10,14,16,20H,3-8,11-13H2,1-2H3;1H. The molecule has 1 atom stereocenters. The predicted molar refractivity (Wildman–Crippen MR) is 109 cm³/mol. The third-order valence-electron chi connectivity index (χ3n) is 5.90. The molecule has 2 fully saturated rings. The molecule has 1 aliphatic carbocycles. The predicted octanol–water partition coefficient (Wildman–Crippen LogP) is 3.40. The lowest BCUT2D eigenvalue weighted by molar-refractivity contribution is 0.182. The molecule has 7 heteroatoms. The molecule has 2 aromatic rings. The second-order valence-electron chi connectivity index (χ2n) is 7.67. The van der Waals surface area contributed by atoms with Gasteiger partial charge in [-0.15, -0.1) is 23.7 Å². The minimum atomic E-state index is 0. The van der Waals surface area contributed by atoms with Gasteiger partial charge in [0.05, 0.1) is 18.8 Å². The van der Waals surface area contributed by atoms with E-state index in [1.54, 1.807) is 0 Å². The summed E-state index contributed by atoms with van der Waals surface area (Å²) in [4.78, 5) is 12.1. The molecule has 144 valence electrons. The van der Waals surface area contributed by atoms with E-state index in [0.717, 1.165) is 25.3 Å². The Morgan fingerprint density at radius 2 is 2.15 bits per heavy atom. The monoisotopic (exact) mass is 395 g/mol. The van der Waals surface area contributed by atoms with Crippen LogP contribution in [-0.4, -0.2) is 38.6 Å². The van der Waals surface area contributed by atoms with Crippen LogP contribution in [-0.2, 0) is 26.6 Å². The molecule has 2 aromatic heterocycles. The molecule has 0 aromatic carbocycles. The second-order valence-corrected chi connectivity index (χ2v) is 8.62. The van der Waals surface area contributed by atoms with E-state index < -0.39 is 0 Å². The Balaban J connectivity index is 0.00000196. The highest BCUT2D eigenvalue weighted by molar-refractivity contribution is 7.09. The maximum absolute atomic E-state index is 4.87. The van der Waals surface area contributed by atoms with Crippen LogP contribution in [0.25, 0.3) is 0 Å². The van der Waals surface area contributed by atoms with Crippen LogP contribution in [0.2, 0.25) is 0 Å². The van der Waals surface area contributed by atoms with Crippen molar-refractivity contribution in [3.05, 3.63) is 34.3 Å². The van der Waals surface area contributed by atoms with E-state index in [1.807, 2.05) is 23.7 Å². The van der Waals surface area contributed by atoms with Crippen LogP contribution in [0.4, 0.5) is 0 Å². The van der Waals surface area contributed by atoms with Gasteiger partial charge in [0.1, 0.15) is 10.8 Å². The van der Waals surface area contributed by atoms with E-state index in [0.29, 0.717) is 11.5 Å². The highest BCUT2D eigenvalue weighted by atomic mass is 35.5. The van der Waals surface area contributed by atoms with Crippen LogP contribution >= 0.6 is 23.7 Å². The van der Waals surface area contributed by atoms with E-state index in [1.165, 1.54) is 49.5 Å². The number of piperidine rings is 1. The minimum absolute atomic E-state index is 0. The number of halogens is 1. The third-order valence-corrected chi connectivity index (χ3v) is 6.78. The van der Waals surface area contributed by atoms with Crippen molar-refractivity contribution >= 4 is 23.7 Å². The first-order valence-corrected chi connectivity index (χ1v) is 10.4. The van der Waals surface area contributed by atoms with Crippen molar-refractivity contribution in [1.82, 2.24) is 24.8 Å². The van der Waals surface area contributed by atoms with Crippen molar-refractivity contribution in [2.24, 2.45) is 12.5 Å². The van der Waals surface area contributed by atoms with E-state index in [9.17, 15) is 0 Å².